The second-order valence-electron chi connectivity index (χ2n) is 9.34. The van der Waals surface area contributed by atoms with E-state index in [-0.39, 0.29) is 42.3 Å². The molecule has 39 heavy (non-hydrogen) atoms. The molecule has 0 bridgehead atoms. The molecule has 0 radical (unpaired) electrons. The van der Waals surface area contributed by atoms with Crippen LogP contribution in [-0.4, -0.2) is 68.0 Å². The van der Waals surface area contributed by atoms with Gasteiger partial charge in [-0.05, 0) is 37.6 Å². The van der Waals surface area contributed by atoms with Crippen molar-refractivity contribution in [2.24, 2.45) is 0 Å². The largest absolute Gasteiger partial charge is 0.481 e. The number of halogens is 5. The number of carboxylic acid groups (broad SMARTS) is 1. The van der Waals surface area contributed by atoms with E-state index in [1.165, 1.54) is 46.1 Å². The monoisotopic (exact) mass is 551 g/mol. The Hall–Kier alpha value is -3.87. The molecule has 13 heteroatoms. The van der Waals surface area contributed by atoms with Gasteiger partial charge in [0.25, 0.3) is 11.8 Å². The summed E-state index contributed by atoms with van der Waals surface area (Å²) in [6.45, 7) is 0.122. The van der Waals surface area contributed by atoms with E-state index < -0.39 is 48.5 Å². The Morgan fingerprint density at radius 2 is 1.87 bits per heavy atom. The van der Waals surface area contributed by atoms with E-state index in [1.54, 1.807) is 12.1 Å². The summed E-state index contributed by atoms with van der Waals surface area (Å²) < 4.78 is 70.1. The number of alkyl halides is 5. The first-order valence-electron chi connectivity index (χ1n) is 12.2. The summed E-state index contributed by atoms with van der Waals surface area (Å²) >= 11 is 0. The van der Waals surface area contributed by atoms with Gasteiger partial charge in [0.15, 0.2) is 0 Å². The molecule has 1 saturated heterocycles. The lowest BCUT2D eigenvalue weighted by atomic mass is 10.1. The fourth-order valence-electron chi connectivity index (χ4n) is 4.55. The van der Waals surface area contributed by atoms with Crippen LogP contribution in [0.3, 0.4) is 0 Å². The average molecular weight is 552 g/mol. The predicted molar refractivity (Wildman–Crippen MR) is 131 cm³/mol. The van der Waals surface area contributed by atoms with Gasteiger partial charge in [-0.1, -0.05) is 24.3 Å². The van der Waals surface area contributed by atoms with Crippen molar-refractivity contribution in [3.63, 3.8) is 0 Å². The highest BCUT2D eigenvalue weighted by atomic mass is 19.4. The molecule has 208 valence electrons. The van der Waals surface area contributed by atoms with E-state index in [9.17, 15) is 36.6 Å². The predicted octanol–water partition coefficient (Wildman–Crippen LogP) is 4.65. The molecule has 1 aromatic carbocycles. The summed E-state index contributed by atoms with van der Waals surface area (Å²) in [5, 5.41) is 11.9. The van der Waals surface area contributed by atoms with Crippen molar-refractivity contribution in [3.05, 3.63) is 66.1 Å². The number of imidazole rings is 1. The molecule has 2 N–H and O–H groups in total. The van der Waals surface area contributed by atoms with Crippen LogP contribution < -0.4 is 5.32 Å². The number of carbonyl (C=O) groups is 2. The molecule has 0 saturated carbocycles. The summed E-state index contributed by atoms with van der Waals surface area (Å²) in [5.74, 6) is -4.82. The maximum Gasteiger partial charge on any atom is 0.417 e. The minimum atomic E-state index is -4.70. The van der Waals surface area contributed by atoms with Crippen LogP contribution in [0.1, 0.15) is 41.7 Å². The Kier molecular flexibility index (Phi) is 8.28. The van der Waals surface area contributed by atoms with Crippen molar-refractivity contribution < 1.29 is 36.6 Å². The summed E-state index contributed by atoms with van der Waals surface area (Å²) in [5.41, 5.74) is -1.49. The number of nitrogens with zero attached hydrogens (tertiary/aromatic N) is 4. The minimum Gasteiger partial charge on any atom is -0.481 e. The Balaban J connectivity index is 1.62. The molecule has 0 aliphatic carbocycles. The van der Waals surface area contributed by atoms with Crippen LogP contribution in [0.2, 0.25) is 0 Å². The van der Waals surface area contributed by atoms with Crippen molar-refractivity contribution in [2.45, 2.75) is 43.8 Å². The molecule has 0 spiro atoms. The number of pyridine rings is 1. The minimum absolute atomic E-state index is 0.0822. The summed E-state index contributed by atoms with van der Waals surface area (Å²) in [6.07, 6.45) is -2.34. The zero-order valence-electron chi connectivity index (χ0n) is 20.7. The van der Waals surface area contributed by atoms with Gasteiger partial charge in [0.2, 0.25) is 0 Å². The van der Waals surface area contributed by atoms with Crippen LogP contribution in [0.15, 0.2) is 54.9 Å². The fourth-order valence-corrected chi connectivity index (χ4v) is 4.55. The highest BCUT2D eigenvalue weighted by Crippen LogP contribution is 2.37. The number of aromatic nitrogens is 3. The summed E-state index contributed by atoms with van der Waals surface area (Å²) in [6, 6.07) is 8.63. The highest BCUT2D eigenvalue weighted by Gasteiger charge is 2.36. The average Bonchev–Trinajstić information content (AvgIpc) is 3.32. The van der Waals surface area contributed by atoms with Crippen LogP contribution in [0.4, 0.5) is 22.0 Å². The van der Waals surface area contributed by atoms with E-state index in [1.807, 2.05) is 0 Å². The van der Waals surface area contributed by atoms with Gasteiger partial charge in [-0.25, -0.2) is 18.7 Å². The second kappa shape index (κ2) is 11.5. The number of rotatable bonds is 9. The Morgan fingerprint density at radius 1 is 1.13 bits per heavy atom. The third-order valence-electron chi connectivity index (χ3n) is 6.33. The van der Waals surface area contributed by atoms with Crippen LogP contribution in [-0.2, 0) is 11.0 Å². The summed E-state index contributed by atoms with van der Waals surface area (Å²) in [7, 11) is 0. The van der Waals surface area contributed by atoms with Crippen molar-refractivity contribution in [1.82, 2.24) is 24.8 Å². The molecule has 3 aromatic rings. The van der Waals surface area contributed by atoms with Gasteiger partial charge in [0.1, 0.15) is 17.3 Å². The smallest absolute Gasteiger partial charge is 0.417 e. The van der Waals surface area contributed by atoms with Crippen LogP contribution >= 0.6 is 0 Å². The zero-order chi connectivity index (χ0) is 28.2. The standard InChI is InChI=1S/C26H26F5N5O3/c27-25(28)10-5-12-35(16-25)13-9-17(14-22(37)38)33-24(39)20-15-36(21-8-3-4-11-32-21)23(34-20)18-6-1-2-7-19(18)26(29,30)31/h1-4,6-8,11,15,17H,5,9-10,12-14,16H2,(H,33,39)(H,37,38)/t17-/m0/s1. The van der Waals surface area contributed by atoms with E-state index in [4.69, 9.17) is 0 Å². The number of amides is 1. The number of piperidine rings is 1. The van der Waals surface area contributed by atoms with Gasteiger partial charge in [-0.3, -0.25) is 19.1 Å². The normalized spacial score (nSPS) is 16.5. The van der Waals surface area contributed by atoms with Crippen molar-refractivity contribution >= 4 is 11.9 Å². The zero-order valence-corrected chi connectivity index (χ0v) is 20.7. The molecular formula is C26H26F5N5O3. The quantitative estimate of drug-likeness (QED) is 0.376. The Morgan fingerprint density at radius 3 is 2.54 bits per heavy atom. The van der Waals surface area contributed by atoms with Crippen molar-refractivity contribution in [3.8, 4) is 17.2 Å². The van der Waals surface area contributed by atoms with E-state index in [2.05, 4.69) is 15.3 Å². The number of likely N-dealkylation sites (tertiary alicyclic amines) is 1. The molecule has 2 aromatic heterocycles. The van der Waals surface area contributed by atoms with Crippen molar-refractivity contribution in [1.29, 1.82) is 0 Å². The number of hydrogen-bond donors (Lipinski definition) is 2. The van der Waals surface area contributed by atoms with Crippen LogP contribution in [0.5, 0.6) is 0 Å². The van der Waals surface area contributed by atoms with Gasteiger partial charge >= 0.3 is 12.1 Å². The van der Waals surface area contributed by atoms with Gasteiger partial charge in [0, 0.05) is 37.0 Å². The first-order chi connectivity index (χ1) is 18.4. The van der Waals surface area contributed by atoms with E-state index >= 15 is 0 Å². The topological polar surface area (TPSA) is 100 Å². The lowest BCUT2D eigenvalue weighted by Crippen LogP contribution is -2.45. The maximum absolute atomic E-state index is 13.8. The van der Waals surface area contributed by atoms with Crippen molar-refractivity contribution in [2.75, 3.05) is 19.6 Å². The molecule has 8 nitrogen and oxygen atoms in total. The van der Waals surface area contributed by atoms with Gasteiger partial charge in [-0.2, -0.15) is 13.2 Å². The molecule has 1 aliphatic heterocycles. The van der Waals surface area contributed by atoms with Gasteiger partial charge in [-0.15, -0.1) is 0 Å². The number of benzene rings is 1. The third kappa shape index (κ3) is 7.16. The Labute approximate surface area is 220 Å². The Bertz CT molecular complexity index is 1310. The van der Waals surface area contributed by atoms with Gasteiger partial charge in [0.05, 0.1) is 18.5 Å². The van der Waals surface area contributed by atoms with Crippen LogP contribution in [0.25, 0.3) is 17.2 Å². The number of nitrogens with one attached hydrogen (secondary N) is 1. The highest BCUT2D eigenvalue weighted by molar-refractivity contribution is 5.93. The van der Waals surface area contributed by atoms with Crippen LogP contribution in [0, 0.1) is 0 Å². The SMILES string of the molecule is O=C(O)C[C@H](CCN1CCCC(F)(F)C1)NC(=O)c1cn(-c2ccccn2)c(-c2ccccc2C(F)(F)F)n1. The second-order valence-corrected chi connectivity index (χ2v) is 9.34. The maximum atomic E-state index is 13.8. The molecular weight excluding hydrogens is 525 g/mol. The molecule has 3 heterocycles. The molecule has 1 atom stereocenters. The summed E-state index contributed by atoms with van der Waals surface area (Å²) in [4.78, 5) is 34.4. The first-order valence-corrected chi connectivity index (χ1v) is 12.2. The lowest BCUT2D eigenvalue weighted by Gasteiger charge is -2.33. The van der Waals surface area contributed by atoms with E-state index in [0.29, 0.717) is 13.0 Å². The fraction of sp³-hybridized carbons (Fsp3) is 0.385. The van der Waals surface area contributed by atoms with E-state index in [0.717, 1.165) is 6.07 Å². The molecule has 1 amide bonds. The third-order valence-corrected chi connectivity index (χ3v) is 6.33. The molecule has 1 aliphatic rings. The molecule has 0 unspecified atom stereocenters. The van der Waals surface area contributed by atoms with Gasteiger partial charge < -0.3 is 10.4 Å². The number of carboxylic acids is 1. The first kappa shape index (κ1) is 28.1. The number of aliphatic carboxylic acids is 1. The number of carbonyl (C=O) groups excluding carboxylic acids is 1. The molecule has 4 rings (SSSR count). The lowest BCUT2D eigenvalue weighted by molar-refractivity contribution is -0.138. The number of hydrogen-bond acceptors (Lipinski definition) is 5. The molecule has 1 fully saturated rings.